The maximum atomic E-state index is 13.2. The molecule has 1 fully saturated rings. The Morgan fingerprint density at radius 3 is 2.75 bits per heavy atom. The average molecular weight is 396 g/mol. The van der Waals surface area contributed by atoms with Crippen molar-refractivity contribution in [2.45, 2.75) is 24.8 Å². The molecule has 2 aliphatic rings. The molecule has 0 aliphatic carbocycles. The maximum absolute atomic E-state index is 13.2. The van der Waals surface area contributed by atoms with E-state index in [-0.39, 0.29) is 18.9 Å². The van der Waals surface area contributed by atoms with Crippen LogP contribution in [0.15, 0.2) is 36.5 Å². The lowest BCUT2D eigenvalue weighted by atomic mass is 10.0. The third-order valence-electron chi connectivity index (χ3n) is 4.72. The zero-order chi connectivity index (χ0) is 19.7. The van der Waals surface area contributed by atoms with Gasteiger partial charge in [0.1, 0.15) is 31.2 Å². The molecular formula is C19H19F3N2O4. The van der Waals surface area contributed by atoms with Gasteiger partial charge in [-0.25, -0.2) is 4.98 Å². The van der Waals surface area contributed by atoms with Crippen molar-refractivity contribution in [1.29, 1.82) is 0 Å². The van der Waals surface area contributed by atoms with Crippen LogP contribution in [-0.4, -0.2) is 48.6 Å². The van der Waals surface area contributed by atoms with Crippen molar-refractivity contribution in [1.82, 2.24) is 4.98 Å². The molecule has 0 saturated carbocycles. The van der Waals surface area contributed by atoms with Crippen LogP contribution in [0.1, 0.15) is 12.0 Å². The van der Waals surface area contributed by atoms with Crippen LogP contribution in [0, 0.1) is 0 Å². The van der Waals surface area contributed by atoms with Gasteiger partial charge in [0.05, 0.1) is 5.56 Å². The average Bonchev–Trinajstić information content (AvgIpc) is 2.69. The molecule has 2 aliphatic heterocycles. The Balaban J connectivity index is 1.49. The third kappa shape index (κ3) is 3.66. The highest BCUT2D eigenvalue weighted by molar-refractivity contribution is 5.52. The number of aromatic nitrogens is 1. The Hall–Kier alpha value is -2.68. The third-order valence-corrected chi connectivity index (χ3v) is 4.72. The summed E-state index contributed by atoms with van der Waals surface area (Å²) in [7, 11) is 0. The normalized spacial score (nSPS) is 22.1. The number of anilines is 1. The van der Waals surface area contributed by atoms with E-state index in [0.717, 1.165) is 6.07 Å². The Morgan fingerprint density at radius 1 is 1.14 bits per heavy atom. The van der Waals surface area contributed by atoms with Crippen LogP contribution in [0.2, 0.25) is 0 Å². The van der Waals surface area contributed by atoms with Crippen molar-refractivity contribution in [2.75, 3.05) is 31.2 Å². The fraction of sp³-hybridized carbons (Fsp3) is 0.421. The van der Waals surface area contributed by atoms with E-state index < -0.39 is 23.9 Å². The number of piperidine rings is 1. The quantitative estimate of drug-likeness (QED) is 0.861. The fourth-order valence-electron chi connectivity index (χ4n) is 3.41. The number of nitrogens with zero attached hydrogens (tertiary/aromatic N) is 2. The van der Waals surface area contributed by atoms with E-state index in [0.29, 0.717) is 36.9 Å². The minimum absolute atomic E-state index is 0.0167. The van der Waals surface area contributed by atoms with Gasteiger partial charge in [0.15, 0.2) is 11.5 Å². The second-order valence-electron chi connectivity index (χ2n) is 6.61. The number of halogens is 3. The minimum atomic E-state index is -4.51. The number of hydrogen-bond donors (Lipinski definition) is 1. The van der Waals surface area contributed by atoms with Crippen LogP contribution in [0.25, 0.3) is 0 Å². The summed E-state index contributed by atoms with van der Waals surface area (Å²) < 4.78 is 56.8. The maximum Gasteiger partial charge on any atom is 0.419 e. The number of pyridine rings is 1. The van der Waals surface area contributed by atoms with Crippen molar-refractivity contribution in [3.8, 4) is 17.2 Å². The number of para-hydroxylation sites is 1. The van der Waals surface area contributed by atoms with Gasteiger partial charge < -0.3 is 24.2 Å². The first-order chi connectivity index (χ1) is 13.4. The van der Waals surface area contributed by atoms with Crippen molar-refractivity contribution in [3.63, 3.8) is 0 Å². The van der Waals surface area contributed by atoms with Crippen molar-refractivity contribution < 1.29 is 32.5 Å². The topological polar surface area (TPSA) is 64.1 Å². The van der Waals surface area contributed by atoms with Gasteiger partial charge in [-0.3, -0.25) is 0 Å². The molecule has 1 saturated heterocycles. The van der Waals surface area contributed by atoms with Gasteiger partial charge in [-0.15, -0.1) is 0 Å². The SMILES string of the molecule is O[C@@H]1CN(c2ncccc2C(F)(F)F)CC[C@H]1Oc1cccc2c1OCCO2. The van der Waals surface area contributed by atoms with Gasteiger partial charge in [-0.1, -0.05) is 6.07 Å². The molecular weight excluding hydrogens is 377 g/mol. The van der Waals surface area contributed by atoms with Crippen LogP contribution in [0.5, 0.6) is 17.2 Å². The van der Waals surface area contributed by atoms with Crippen molar-refractivity contribution >= 4 is 5.82 Å². The summed E-state index contributed by atoms with van der Waals surface area (Å²) in [6.45, 7) is 1.10. The molecule has 2 aromatic rings. The largest absolute Gasteiger partial charge is 0.486 e. The predicted molar refractivity (Wildman–Crippen MR) is 93.9 cm³/mol. The number of aliphatic hydroxyl groups excluding tert-OH is 1. The Labute approximate surface area is 159 Å². The van der Waals surface area contributed by atoms with Gasteiger partial charge in [0.25, 0.3) is 0 Å². The lowest BCUT2D eigenvalue weighted by Gasteiger charge is -2.37. The van der Waals surface area contributed by atoms with Gasteiger partial charge in [0, 0.05) is 25.7 Å². The first kappa shape index (κ1) is 18.7. The van der Waals surface area contributed by atoms with E-state index in [1.807, 2.05) is 0 Å². The molecule has 9 heteroatoms. The molecule has 6 nitrogen and oxygen atoms in total. The standard InChI is InChI=1S/C19H19F3N2O4/c20-19(21,22)12-3-2-7-23-18(12)24-8-6-14(13(25)11-24)28-16-5-1-4-15-17(16)27-10-9-26-15/h1-5,7,13-14,25H,6,8-11H2/t13-,14-/m1/s1. The Bertz CT molecular complexity index is 846. The zero-order valence-electron chi connectivity index (χ0n) is 14.9. The van der Waals surface area contributed by atoms with Crippen LogP contribution in [0.3, 0.4) is 0 Å². The lowest BCUT2D eigenvalue weighted by molar-refractivity contribution is -0.137. The zero-order valence-corrected chi connectivity index (χ0v) is 14.9. The Morgan fingerprint density at radius 2 is 1.96 bits per heavy atom. The van der Waals surface area contributed by atoms with E-state index in [1.165, 1.54) is 17.2 Å². The molecule has 0 bridgehead atoms. The molecule has 1 aromatic heterocycles. The minimum Gasteiger partial charge on any atom is -0.486 e. The summed E-state index contributed by atoms with van der Waals surface area (Å²) in [5.41, 5.74) is -0.816. The summed E-state index contributed by atoms with van der Waals surface area (Å²) in [6, 6.07) is 7.48. The van der Waals surface area contributed by atoms with Gasteiger partial charge in [0.2, 0.25) is 5.75 Å². The van der Waals surface area contributed by atoms with Crippen LogP contribution >= 0.6 is 0 Å². The van der Waals surface area contributed by atoms with Gasteiger partial charge >= 0.3 is 6.18 Å². The van der Waals surface area contributed by atoms with Crippen LogP contribution < -0.4 is 19.1 Å². The highest BCUT2D eigenvalue weighted by Crippen LogP contribution is 2.40. The summed E-state index contributed by atoms with van der Waals surface area (Å²) >= 11 is 0. The second kappa shape index (κ2) is 7.38. The molecule has 1 N–H and O–H groups in total. The van der Waals surface area contributed by atoms with Crippen molar-refractivity contribution in [3.05, 3.63) is 42.1 Å². The summed E-state index contributed by atoms with van der Waals surface area (Å²) in [5.74, 6) is 1.32. The van der Waals surface area contributed by atoms with E-state index in [2.05, 4.69) is 4.98 Å². The van der Waals surface area contributed by atoms with E-state index in [9.17, 15) is 18.3 Å². The highest BCUT2D eigenvalue weighted by atomic mass is 19.4. The van der Waals surface area contributed by atoms with Gasteiger partial charge in [-0.05, 0) is 24.3 Å². The smallest absolute Gasteiger partial charge is 0.419 e. The molecule has 1 aromatic carbocycles. The number of alkyl halides is 3. The number of β-amino-alcohol motifs (C(OH)–C–C–N with tert-alkyl or cyclic N) is 1. The Kier molecular flexibility index (Phi) is 4.92. The van der Waals surface area contributed by atoms with E-state index in [4.69, 9.17) is 14.2 Å². The van der Waals surface area contributed by atoms with Crippen LogP contribution in [0.4, 0.5) is 19.0 Å². The first-order valence-corrected chi connectivity index (χ1v) is 8.94. The number of fused-ring (bicyclic) bond motifs is 1. The first-order valence-electron chi connectivity index (χ1n) is 8.94. The molecule has 28 heavy (non-hydrogen) atoms. The summed E-state index contributed by atoms with van der Waals surface area (Å²) in [5, 5.41) is 10.5. The second-order valence-corrected chi connectivity index (χ2v) is 6.61. The molecule has 0 amide bonds. The molecule has 4 rings (SSSR count). The van der Waals surface area contributed by atoms with Crippen LogP contribution in [-0.2, 0) is 6.18 Å². The number of benzene rings is 1. The van der Waals surface area contributed by atoms with E-state index >= 15 is 0 Å². The summed E-state index contributed by atoms with van der Waals surface area (Å²) in [6.07, 6.45) is -4.43. The predicted octanol–water partition coefficient (Wildman–Crippen LogP) is 2.89. The highest BCUT2D eigenvalue weighted by Gasteiger charge is 2.38. The molecule has 0 unspecified atom stereocenters. The number of rotatable bonds is 3. The molecule has 0 radical (unpaired) electrons. The molecule has 150 valence electrons. The fourth-order valence-corrected chi connectivity index (χ4v) is 3.41. The molecule has 3 heterocycles. The summed E-state index contributed by atoms with van der Waals surface area (Å²) in [4.78, 5) is 5.33. The monoisotopic (exact) mass is 396 g/mol. The molecule has 0 spiro atoms. The number of hydrogen-bond acceptors (Lipinski definition) is 6. The van der Waals surface area contributed by atoms with Crippen molar-refractivity contribution in [2.24, 2.45) is 0 Å². The number of ether oxygens (including phenoxy) is 3. The number of aliphatic hydroxyl groups is 1. The lowest BCUT2D eigenvalue weighted by Crippen LogP contribution is -2.49. The molecule has 2 atom stereocenters. The van der Waals surface area contributed by atoms with Gasteiger partial charge in [-0.2, -0.15) is 13.2 Å². The van der Waals surface area contributed by atoms with E-state index in [1.54, 1.807) is 18.2 Å².